The standard InChI is InChI=1S/C54H81N13O10/c1-8-32(6)45(53(76)77)66-51(74)41(25-31(4)5)63-46(69)33(7)61-49(72)39(20-14-22-58-54(56)57)62-52(75)43-21-15-23-67(43)44(68)29-60-48(71)42(27-35-28-59-38-19-13-12-18-36(35)38)65-50(73)40(24-30(2)3)64-47(70)37(55)26-34-16-10-9-11-17-34/h9-13,16-19,28,30-33,37,39-43,45,59H,8,14-15,20-27,29,55H2,1-7H3,(H,60,71)(H,61,72)(H,62,75)(H,63,69)(H,64,70)(H,65,73)(H,66,74)(H,76,77)(H4,56,57,58)/t32-,33-,37-,39-,40-,41-,42-,43-,45-/m0/s1. The predicted molar refractivity (Wildman–Crippen MR) is 291 cm³/mol. The molecule has 3 aromatic rings. The van der Waals surface area contributed by atoms with Gasteiger partial charge in [0.15, 0.2) is 5.96 Å². The van der Waals surface area contributed by atoms with Crippen molar-refractivity contribution in [3.8, 4) is 0 Å². The van der Waals surface area contributed by atoms with Gasteiger partial charge in [-0.1, -0.05) is 96.5 Å². The third-order valence-electron chi connectivity index (χ3n) is 13.4. The smallest absolute Gasteiger partial charge is 0.326 e. The predicted octanol–water partition coefficient (Wildman–Crippen LogP) is 0.593. The van der Waals surface area contributed by atoms with Crippen molar-refractivity contribution in [2.24, 2.45) is 39.9 Å². The number of H-pyrrole nitrogens is 1. The highest BCUT2D eigenvalue weighted by atomic mass is 16.4. The number of carboxylic acid groups (broad SMARTS) is 1. The van der Waals surface area contributed by atoms with E-state index in [1.165, 1.54) is 11.8 Å². The molecule has 0 radical (unpaired) electrons. The number of fused-ring (bicyclic) bond motifs is 1. The molecule has 9 atom stereocenters. The maximum atomic E-state index is 14.2. The highest BCUT2D eigenvalue weighted by molar-refractivity contribution is 5.98. The Morgan fingerprint density at radius 3 is 1.94 bits per heavy atom. The number of aromatic amines is 1. The lowest BCUT2D eigenvalue weighted by atomic mass is 9.97. The molecule has 1 saturated heterocycles. The van der Waals surface area contributed by atoms with E-state index in [0.29, 0.717) is 18.4 Å². The van der Waals surface area contributed by atoms with E-state index in [2.05, 4.69) is 47.2 Å². The van der Waals surface area contributed by atoms with E-state index in [4.69, 9.17) is 17.2 Å². The molecule has 0 spiro atoms. The van der Waals surface area contributed by atoms with Crippen LogP contribution in [-0.2, 0) is 56.0 Å². The van der Waals surface area contributed by atoms with Crippen LogP contribution in [0.25, 0.3) is 10.9 Å². The maximum absolute atomic E-state index is 14.2. The Balaban J connectivity index is 1.47. The molecular formula is C54H81N13O10. The van der Waals surface area contributed by atoms with E-state index in [1.54, 1.807) is 20.0 Å². The molecular weight excluding hydrogens is 991 g/mol. The number of hydrogen-bond donors (Lipinski definition) is 12. The number of amides is 8. The SMILES string of the molecule is CC[C@H](C)[C@H](NC(=O)[C@H](CC(C)C)NC(=O)[C@H](C)NC(=O)[C@H](CCCN=C(N)N)NC(=O)[C@@H]1CCCN1C(=O)CNC(=O)[C@H](Cc1c[nH]c2ccccc12)NC(=O)[C@H](CC(C)C)NC(=O)[C@@H](N)Cc1ccccc1)C(=O)O. The number of nitrogens with two attached hydrogens (primary N) is 3. The van der Waals surface area contributed by atoms with Gasteiger partial charge in [-0.2, -0.15) is 0 Å². The van der Waals surface area contributed by atoms with Gasteiger partial charge in [-0.25, -0.2) is 4.79 Å². The van der Waals surface area contributed by atoms with Gasteiger partial charge in [0, 0.05) is 36.6 Å². The van der Waals surface area contributed by atoms with E-state index in [0.717, 1.165) is 16.5 Å². The summed E-state index contributed by atoms with van der Waals surface area (Å²) in [5, 5.41) is 29.3. The Morgan fingerprint density at radius 2 is 1.31 bits per heavy atom. The average Bonchev–Trinajstić information content (AvgIpc) is 4.05. The highest BCUT2D eigenvalue weighted by Crippen LogP contribution is 2.21. The van der Waals surface area contributed by atoms with Crippen molar-refractivity contribution in [3.63, 3.8) is 0 Å². The van der Waals surface area contributed by atoms with Gasteiger partial charge < -0.3 is 69.4 Å². The number of aliphatic carboxylic acids is 1. The molecule has 1 aliphatic heterocycles. The fourth-order valence-corrected chi connectivity index (χ4v) is 9.03. The minimum absolute atomic E-state index is 0.00671. The molecule has 1 fully saturated rings. The molecule has 0 aliphatic carbocycles. The number of benzene rings is 2. The summed E-state index contributed by atoms with van der Waals surface area (Å²) in [6.07, 6.45) is 3.73. The summed E-state index contributed by atoms with van der Waals surface area (Å²) in [6.45, 7) is 12.0. The van der Waals surface area contributed by atoms with Crippen LogP contribution < -0.4 is 54.4 Å². The molecule has 8 amide bonds. The lowest BCUT2D eigenvalue weighted by Crippen LogP contribution is -2.59. The molecule has 0 unspecified atom stereocenters. The number of carbonyl (C=O) groups is 9. The average molecular weight is 1070 g/mol. The van der Waals surface area contributed by atoms with Crippen LogP contribution in [0.4, 0.5) is 0 Å². The van der Waals surface area contributed by atoms with Crippen LogP contribution in [0.5, 0.6) is 0 Å². The summed E-state index contributed by atoms with van der Waals surface area (Å²) >= 11 is 0. The molecule has 0 saturated carbocycles. The van der Waals surface area contributed by atoms with Crippen molar-refractivity contribution in [2.45, 2.75) is 155 Å². The Kier molecular flexibility index (Phi) is 24.4. The molecule has 422 valence electrons. The topological polar surface area (TPSA) is 368 Å². The number of aromatic nitrogens is 1. The molecule has 15 N–H and O–H groups in total. The van der Waals surface area contributed by atoms with Gasteiger partial charge in [0.1, 0.15) is 42.3 Å². The van der Waals surface area contributed by atoms with Gasteiger partial charge in [-0.3, -0.25) is 43.3 Å². The van der Waals surface area contributed by atoms with Gasteiger partial charge in [-0.05, 0) is 86.8 Å². The zero-order valence-electron chi connectivity index (χ0n) is 45.4. The van der Waals surface area contributed by atoms with Crippen molar-refractivity contribution < 1.29 is 48.3 Å². The zero-order valence-corrected chi connectivity index (χ0v) is 45.4. The van der Waals surface area contributed by atoms with Crippen LogP contribution >= 0.6 is 0 Å². The van der Waals surface area contributed by atoms with E-state index in [1.807, 2.05) is 82.3 Å². The molecule has 0 bridgehead atoms. The monoisotopic (exact) mass is 1070 g/mol. The van der Waals surface area contributed by atoms with Gasteiger partial charge in [0.25, 0.3) is 0 Å². The molecule has 23 heteroatoms. The molecule has 23 nitrogen and oxygen atoms in total. The van der Waals surface area contributed by atoms with E-state index in [-0.39, 0.29) is 75.8 Å². The number of nitrogens with one attached hydrogen (secondary N) is 8. The minimum atomic E-state index is -1.25. The summed E-state index contributed by atoms with van der Waals surface area (Å²) in [4.78, 5) is 131. The second-order valence-electron chi connectivity index (χ2n) is 20.7. The van der Waals surface area contributed by atoms with Crippen molar-refractivity contribution in [1.82, 2.24) is 47.1 Å². The van der Waals surface area contributed by atoms with Crippen molar-refractivity contribution in [1.29, 1.82) is 0 Å². The fourth-order valence-electron chi connectivity index (χ4n) is 9.03. The number of aliphatic imine (C=N–C) groups is 1. The third kappa shape index (κ3) is 19.5. The number of guanidine groups is 1. The van der Waals surface area contributed by atoms with E-state index < -0.39 is 114 Å². The van der Waals surface area contributed by atoms with E-state index >= 15 is 0 Å². The lowest BCUT2D eigenvalue weighted by molar-refractivity contribution is -0.144. The first-order valence-corrected chi connectivity index (χ1v) is 26.5. The van der Waals surface area contributed by atoms with Crippen molar-refractivity contribution in [3.05, 3.63) is 71.9 Å². The molecule has 2 aromatic carbocycles. The van der Waals surface area contributed by atoms with Crippen LogP contribution in [0, 0.1) is 17.8 Å². The second-order valence-corrected chi connectivity index (χ2v) is 20.7. The molecule has 4 rings (SSSR count). The van der Waals surface area contributed by atoms with Crippen LogP contribution in [0.15, 0.2) is 65.8 Å². The van der Waals surface area contributed by atoms with Gasteiger partial charge >= 0.3 is 5.97 Å². The van der Waals surface area contributed by atoms with Gasteiger partial charge in [0.2, 0.25) is 47.3 Å². The summed E-state index contributed by atoms with van der Waals surface area (Å²) in [7, 11) is 0. The first kappa shape index (κ1) is 62.0. The summed E-state index contributed by atoms with van der Waals surface area (Å²) < 4.78 is 0. The minimum Gasteiger partial charge on any atom is -0.480 e. The number of nitrogens with zero attached hydrogens (tertiary/aromatic N) is 2. The summed E-state index contributed by atoms with van der Waals surface area (Å²) in [6, 6.07) is 7.57. The highest BCUT2D eigenvalue weighted by Gasteiger charge is 2.38. The number of carbonyl (C=O) groups excluding carboxylic acids is 8. The first-order valence-electron chi connectivity index (χ1n) is 26.5. The number of rotatable bonds is 30. The van der Waals surface area contributed by atoms with Crippen LogP contribution in [0.3, 0.4) is 0 Å². The Bertz CT molecular complexity index is 2530. The molecule has 1 aromatic heterocycles. The van der Waals surface area contributed by atoms with Gasteiger partial charge in [-0.15, -0.1) is 0 Å². The normalized spacial score (nSPS) is 16.4. The van der Waals surface area contributed by atoms with Gasteiger partial charge in [0.05, 0.1) is 12.6 Å². The Labute approximate surface area is 450 Å². The fraction of sp³-hybridized carbons (Fsp3) is 0.556. The van der Waals surface area contributed by atoms with Crippen LogP contribution in [0.2, 0.25) is 0 Å². The summed E-state index contributed by atoms with van der Waals surface area (Å²) in [5.41, 5.74) is 19.7. The lowest BCUT2D eigenvalue weighted by Gasteiger charge is -2.28. The van der Waals surface area contributed by atoms with Crippen molar-refractivity contribution >= 4 is 70.1 Å². The molecule has 77 heavy (non-hydrogen) atoms. The van der Waals surface area contributed by atoms with Crippen LogP contribution in [0.1, 0.15) is 105 Å². The quantitative estimate of drug-likeness (QED) is 0.0248. The summed E-state index contributed by atoms with van der Waals surface area (Å²) in [5.74, 6) is -7.25. The number of likely N-dealkylation sites (tertiary alicyclic amines) is 1. The second kappa shape index (κ2) is 30.3. The Hall–Kier alpha value is -7.56. The molecule has 2 heterocycles. The third-order valence-corrected chi connectivity index (χ3v) is 13.4. The number of carboxylic acids is 1. The first-order chi connectivity index (χ1) is 36.5. The van der Waals surface area contributed by atoms with Crippen LogP contribution in [-0.4, -0.2) is 142 Å². The zero-order chi connectivity index (χ0) is 56.9. The molecule has 1 aliphatic rings. The number of para-hydroxylation sites is 1. The van der Waals surface area contributed by atoms with E-state index in [9.17, 15) is 48.3 Å². The number of hydrogen-bond acceptors (Lipinski definition) is 11. The largest absolute Gasteiger partial charge is 0.480 e. The maximum Gasteiger partial charge on any atom is 0.326 e. The Morgan fingerprint density at radius 1 is 0.714 bits per heavy atom. The van der Waals surface area contributed by atoms with Crippen molar-refractivity contribution in [2.75, 3.05) is 19.6 Å².